The summed E-state index contributed by atoms with van der Waals surface area (Å²) in [6.07, 6.45) is 3.89. The van der Waals surface area contributed by atoms with E-state index in [4.69, 9.17) is 4.74 Å². The number of nitrogens with zero attached hydrogens (tertiary/aromatic N) is 1. The molecule has 7 heteroatoms. The fourth-order valence-corrected chi connectivity index (χ4v) is 5.77. The monoisotopic (exact) mass is 433 g/mol. The lowest BCUT2D eigenvalue weighted by Crippen LogP contribution is -2.39. The number of hydrogen-bond donors (Lipinski definition) is 1. The molecule has 4 aliphatic rings. The summed E-state index contributed by atoms with van der Waals surface area (Å²) in [6, 6.07) is 4.86. The number of allylic oxidation sites excluding steroid dienone is 6. The normalized spacial score (nSPS) is 29.4. The van der Waals surface area contributed by atoms with Gasteiger partial charge in [0.05, 0.1) is 18.9 Å². The van der Waals surface area contributed by atoms with E-state index in [0.717, 1.165) is 5.57 Å². The van der Waals surface area contributed by atoms with Crippen LogP contribution >= 0.6 is 0 Å². The Morgan fingerprint density at radius 3 is 2.53 bits per heavy atom. The van der Waals surface area contributed by atoms with Crippen LogP contribution in [-0.4, -0.2) is 47.5 Å². The van der Waals surface area contributed by atoms with Gasteiger partial charge in [-0.3, -0.25) is 24.1 Å². The summed E-state index contributed by atoms with van der Waals surface area (Å²) >= 11 is 0. The number of hydrogen-bond acceptors (Lipinski definition) is 6. The summed E-state index contributed by atoms with van der Waals surface area (Å²) in [4.78, 5) is 53.0. The summed E-state index contributed by atoms with van der Waals surface area (Å²) in [6.45, 7) is 1.61. The fraction of sp³-hybridized carbons (Fsp3) is 0.360. The Hall–Kier alpha value is -3.48. The van der Waals surface area contributed by atoms with E-state index >= 15 is 0 Å². The van der Waals surface area contributed by atoms with Gasteiger partial charge in [0.2, 0.25) is 11.8 Å². The van der Waals surface area contributed by atoms with Crippen LogP contribution in [0.4, 0.5) is 0 Å². The number of benzene rings is 1. The van der Waals surface area contributed by atoms with Crippen LogP contribution < -0.4 is 4.74 Å². The summed E-state index contributed by atoms with van der Waals surface area (Å²) < 4.78 is 5.20. The SMILES string of the molecule is COc1ccc([C@H]2C3=CC[C@@H]4C(=O)N(C)C(=O)[C@@H]4[C@@H]3CC3=C2C(=O)C(C)=CC3=O)c(O)c1. The minimum absolute atomic E-state index is 0.0525. The second kappa shape index (κ2) is 7.02. The molecule has 3 aliphatic carbocycles. The lowest BCUT2D eigenvalue weighted by atomic mass is 9.59. The summed E-state index contributed by atoms with van der Waals surface area (Å²) in [5.41, 5.74) is 2.39. The molecule has 0 bridgehead atoms. The van der Waals surface area contributed by atoms with Crippen LogP contribution in [0.3, 0.4) is 0 Å². The number of ketones is 2. The predicted octanol–water partition coefficient (Wildman–Crippen LogP) is 2.46. The largest absolute Gasteiger partial charge is 0.507 e. The van der Waals surface area contributed by atoms with Crippen molar-refractivity contribution in [1.82, 2.24) is 4.90 Å². The van der Waals surface area contributed by atoms with Crippen LogP contribution in [0.1, 0.15) is 31.2 Å². The third-order valence-electron chi connectivity index (χ3n) is 7.33. The van der Waals surface area contributed by atoms with Crippen molar-refractivity contribution in [2.24, 2.45) is 17.8 Å². The van der Waals surface area contributed by atoms with Crippen LogP contribution in [0.5, 0.6) is 11.5 Å². The maximum Gasteiger partial charge on any atom is 0.233 e. The standard InChI is InChI=1S/C25H23NO6/c1-11-8-18(27)17-10-16-13(6-7-15-21(16)25(31)26(2)24(15)30)20(22(17)23(11)29)14-5-4-12(32-3)9-19(14)28/h4-6,8-9,15-16,20-21,28H,7,10H2,1-3H3/t15-,16+,20+,21-/m0/s1. The molecule has 1 N–H and O–H groups in total. The highest BCUT2D eigenvalue weighted by molar-refractivity contribution is 6.23. The van der Waals surface area contributed by atoms with Gasteiger partial charge >= 0.3 is 0 Å². The zero-order chi connectivity index (χ0) is 22.9. The number of Topliss-reactive ketones (excluding diaryl/α,β-unsaturated/α-hetero) is 1. The molecule has 4 atom stereocenters. The van der Waals surface area contributed by atoms with Crippen molar-refractivity contribution in [2.45, 2.75) is 25.7 Å². The Morgan fingerprint density at radius 2 is 1.84 bits per heavy atom. The summed E-state index contributed by atoms with van der Waals surface area (Å²) in [5.74, 6) is -2.60. The first-order chi connectivity index (χ1) is 15.2. The molecule has 0 unspecified atom stereocenters. The van der Waals surface area contributed by atoms with E-state index in [1.807, 2.05) is 6.08 Å². The fourth-order valence-electron chi connectivity index (χ4n) is 5.77. The van der Waals surface area contributed by atoms with E-state index in [9.17, 15) is 24.3 Å². The number of rotatable bonds is 2. The Bertz CT molecular complexity index is 1200. The first-order valence-corrected chi connectivity index (χ1v) is 10.6. The van der Waals surface area contributed by atoms with Gasteiger partial charge in [-0.15, -0.1) is 0 Å². The van der Waals surface area contributed by atoms with E-state index in [1.54, 1.807) is 19.1 Å². The number of fused-ring (bicyclic) bond motifs is 3. The van der Waals surface area contributed by atoms with E-state index in [0.29, 0.717) is 34.5 Å². The molecule has 5 rings (SSSR count). The van der Waals surface area contributed by atoms with Gasteiger partial charge in [0.1, 0.15) is 11.5 Å². The van der Waals surface area contributed by atoms with Gasteiger partial charge in [-0.1, -0.05) is 17.7 Å². The third kappa shape index (κ3) is 2.66. The lowest BCUT2D eigenvalue weighted by Gasteiger charge is -2.42. The highest BCUT2D eigenvalue weighted by Crippen LogP contribution is 2.56. The Balaban J connectivity index is 1.72. The molecule has 0 aromatic heterocycles. The van der Waals surface area contributed by atoms with Gasteiger partial charge in [0.15, 0.2) is 11.6 Å². The maximum atomic E-state index is 13.3. The molecule has 164 valence electrons. The average Bonchev–Trinajstić information content (AvgIpc) is 3.00. The van der Waals surface area contributed by atoms with Crippen molar-refractivity contribution < 1.29 is 29.0 Å². The number of methoxy groups -OCH3 is 1. The van der Waals surface area contributed by atoms with Gasteiger partial charge in [0, 0.05) is 41.3 Å². The van der Waals surface area contributed by atoms with Crippen molar-refractivity contribution in [3.8, 4) is 11.5 Å². The molecule has 1 aliphatic heterocycles. The number of phenolic OH excluding ortho intramolecular Hbond substituents is 1. The van der Waals surface area contributed by atoms with Crippen molar-refractivity contribution in [1.29, 1.82) is 0 Å². The van der Waals surface area contributed by atoms with E-state index < -0.39 is 17.8 Å². The van der Waals surface area contributed by atoms with Crippen molar-refractivity contribution in [2.75, 3.05) is 14.2 Å². The highest BCUT2D eigenvalue weighted by atomic mass is 16.5. The molecule has 1 fully saturated rings. The number of imide groups is 1. The molecule has 1 saturated heterocycles. The van der Waals surface area contributed by atoms with Gasteiger partial charge in [-0.25, -0.2) is 0 Å². The van der Waals surface area contributed by atoms with Crippen molar-refractivity contribution >= 4 is 23.4 Å². The molecule has 2 amide bonds. The van der Waals surface area contributed by atoms with Crippen LogP contribution in [0, 0.1) is 17.8 Å². The second-order valence-corrected chi connectivity index (χ2v) is 8.89. The molecule has 0 radical (unpaired) electrons. The number of likely N-dealkylation sites (tertiary alicyclic amines) is 1. The molecule has 0 spiro atoms. The zero-order valence-electron chi connectivity index (χ0n) is 18.0. The number of ether oxygens (including phenoxy) is 1. The summed E-state index contributed by atoms with van der Waals surface area (Å²) in [5, 5.41) is 10.8. The Morgan fingerprint density at radius 1 is 1.09 bits per heavy atom. The molecule has 1 heterocycles. The first-order valence-electron chi connectivity index (χ1n) is 10.6. The minimum atomic E-state index is -0.662. The third-order valence-corrected chi connectivity index (χ3v) is 7.33. The number of carbonyl (C=O) groups excluding carboxylic acids is 4. The van der Waals surface area contributed by atoms with Crippen LogP contribution in [0.15, 0.2) is 52.6 Å². The second-order valence-electron chi connectivity index (χ2n) is 8.89. The van der Waals surface area contributed by atoms with Crippen LogP contribution in [0.25, 0.3) is 0 Å². The number of carbonyl (C=O) groups is 4. The molecular formula is C25H23NO6. The lowest BCUT2D eigenvalue weighted by molar-refractivity contribution is -0.138. The molecule has 0 saturated carbocycles. The number of aromatic hydroxyl groups is 1. The molecule has 1 aromatic rings. The van der Waals surface area contributed by atoms with Gasteiger partial charge in [-0.05, 0) is 37.8 Å². The maximum absolute atomic E-state index is 13.3. The first kappa shape index (κ1) is 20.4. The summed E-state index contributed by atoms with van der Waals surface area (Å²) in [7, 11) is 2.98. The molecule has 32 heavy (non-hydrogen) atoms. The van der Waals surface area contributed by atoms with Crippen molar-refractivity contribution in [3.05, 3.63) is 58.2 Å². The van der Waals surface area contributed by atoms with E-state index in [2.05, 4.69) is 0 Å². The smallest absolute Gasteiger partial charge is 0.233 e. The topological polar surface area (TPSA) is 101 Å². The van der Waals surface area contributed by atoms with Crippen LogP contribution in [-0.2, 0) is 19.2 Å². The Labute approximate surface area is 185 Å². The van der Waals surface area contributed by atoms with E-state index in [-0.39, 0.29) is 41.5 Å². The zero-order valence-corrected chi connectivity index (χ0v) is 18.0. The quantitative estimate of drug-likeness (QED) is 0.437. The highest BCUT2D eigenvalue weighted by Gasteiger charge is 2.55. The minimum Gasteiger partial charge on any atom is -0.507 e. The molecule has 1 aromatic carbocycles. The average molecular weight is 433 g/mol. The molecular weight excluding hydrogens is 410 g/mol. The van der Waals surface area contributed by atoms with Gasteiger partial charge < -0.3 is 9.84 Å². The number of amides is 2. The Kier molecular flexibility index (Phi) is 4.48. The van der Waals surface area contributed by atoms with E-state index in [1.165, 1.54) is 31.2 Å². The molecule has 7 nitrogen and oxygen atoms in total. The van der Waals surface area contributed by atoms with Crippen LogP contribution in [0.2, 0.25) is 0 Å². The predicted molar refractivity (Wildman–Crippen MR) is 114 cm³/mol. The number of phenols is 1. The van der Waals surface area contributed by atoms with Crippen molar-refractivity contribution in [3.63, 3.8) is 0 Å². The van der Waals surface area contributed by atoms with Gasteiger partial charge in [-0.2, -0.15) is 0 Å². The van der Waals surface area contributed by atoms with Gasteiger partial charge in [0.25, 0.3) is 0 Å².